The molecule has 0 aromatic heterocycles. The third-order valence-corrected chi connectivity index (χ3v) is 13.0. The van der Waals surface area contributed by atoms with E-state index in [0.717, 1.165) is 22.6 Å². The molecule has 1 aliphatic heterocycles. The van der Waals surface area contributed by atoms with Gasteiger partial charge < -0.3 is 9.47 Å². The van der Waals surface area contributed by atoms with E-state index in [9.17, 15) is 0 Å². The molecule has 1 aliphatic rings. The fraction of sp³-hybridized carbons (Fsp3) is 0. The molecule has 42 heavy (non-hydrogen) atoms. The first-order valence-corrected chi connectivity index (χ1v) is 16.8. The Kier molecular flexibility index (Phi) is 5.96. The van der Waals surface area contributed by atoms with Crippen molar-refractivity contribution >= 4 is 55.3 Å². The van der Waals surface area contributed by atoms with E-state index in [4.69, 9.17) is 21.3 Å². The Hall–Kier alpha value is -4.69. The molecule has 4 heteroatoms. The molecule has 8 rings (SSSR count). The molecule has 7 aromatic rings. The van der Waals surface area contributed by atoms with Gasteiger partial charge in [-0.25, -0.2) is 0 Å². The van der Waals surface area contributed by atoms with Gasteiger partial charge in [0.25, 0.3) is 0 Å². The zero-order valence-electron chi connectivity index (χ0n) is 22.6. The summed E-state index contributed by atoms with van der Waals surface area (Å²) >= 11 is 6.91. The number of fused-ring (bicyclic) bond motifs is 4. The zero-order chi connectivity index (χ0) is 28.1. The van der Waals surface area contributed by atoms with Gasteiger partial charge in [0, 0.05) is 11.3 Å². The highest BCUT2D eigenvalue weighted by atomic mass is 32.4. The molecule has 0 unspecified atom stereocenters. The summed E-state index contributed by atoms with van der Waals surface area (Å²) in [5, 5.41) is 8.31. The van der Waals surface area contributed by atoms with Gasteiger partial charge in [0.2, 0.25) is 0 Å². The summed E-state index contributed by atoms with van der Waals surface area (Å²) in [6.45, 7) is 0. The van der Waals surface area contributed by atoms with E-state index in [1.165, 1.54) is 37.5 Å². The van der Waals surface area contributed by atoms with Gasteiger partial charge in [-0.05, 0) is 67.5 Å². The van der Waals surface area contributed by atoms with Crippen LogP contribution in [0.5, 0.6) is 23.0 Å². The monoisotopic (exact) mass is 576 g/mol. The summed E-state index contributed by atoms with van der Waals surface area (Å²) < 4.78 is 12.5. The minimum atomic E-state index is -2.45. The SMILES string of the molecule is S=P(c1ccccc1)(c1ccccc1)c1c2ccccc2c(-c2ccc3c(c2)Oc2ccccc2O3)c2ccccc12. The van der Waals surface area contributed by atoms with E-state index in [0.29, 0.717) is 11.5 Å². The number of rotatable bonds is 4. The summed E-state index contributed by atoms with van der Waals surface area (Å²) in [4.78, 5) is 0. The molecular formula is C38H25O2PS. The first kappa shape index (κ1) is 25.1. The maximum atomic E-state index is 6.91. The lowest BCUT2D eigenvalue weighted by Gasteiger charge is -2.28. The maximum absolute atomic E-state index is 6.91. The Balaban J connectivity index is 1.44. The first-order chi connectivity index (χ1) is 20.7. The molecule has 1 heterocycles. The molecule has 2 nitrogen and oxygen atoms in total. The van der Waals surface area contributed by atoms with Crippen LogP contribution in [-0.2, 0) is 11.8 Å². The second-order valence-electron chi connectivity index (χ2n) is 10.4. The Labute approximate surface area is 249 Å². The number of ether oxygens (including phenoxy) is 2. The molecule has 0 saturated heterocycles. The highest BCUT2D eigenvalue weighted by molar-refractivity contribution is 8.25. The van der Waals surface area contributed by atoms with Crippen molar-refractivity contribution in [2.75, 3.05) is 0 Å². The van der Waals surface area contributed by atoms with Crippen molar-refractivity contribution in [3.63, 3.8) is 0 Å². The van der Waals surface area contributed by atoms with Crippen LogP contribution in [0, 0.1) is 0 Å². The highest BCUT2D eigenvalue weighted by Gasteiger charge is 2.30. The van der Waals surface area contributed by atoms with Crippen molar-refractivity contribution < 1.29 is 9.47 Å². The van der Waals surface area contributed by atoms with Crippen molar-refractivity contribution in [1.29, 1.82) is 0 Å². The summed E-state index contributed by atoms with van der Waals surface area (Å²) in [6.07, 6.45) is 0. The normalized spacial score (nSPS) is 12.3. The lowest BCUT2D eigenvalue weighted by Crippen LogP contribution is -2.26. The molecule has 0 fully saturated rings. The van der Waals surface area contributed by atoms with Crippen LogP contribution >= 0.6 is 6.04 Å². The molecular weight excluding hydrogens is 551 g/mol. The van der Waals surface area contributed by atoms with Gasteiger partial charge in [-0.2, -0.15) is 0 Å². The lowest BCUT2D eigenvalue weighted by atomic mass is 9.91. The van der Waals surface area contributed by atoms with Crippen molar-refractivity contribution in [1.82, 2.24) is 0 Å². The van der Waals surface area contributed by atoms with Crippen LogP contribution in [0.4, 0.5) is 0 Å². The quantitative estimate of drug-likeness (QED) is 0.154. The molecule has 0 radical (unpaired) electrons. The van der Waals surface area contributed by atoms with Crippen LogP contribution < -0.4 is 25.4 Å². The van der Waals surface area contributed by atoms with Crippen LogP contribution in [0.15, 0.2) is 152 Å². The minimum absolute atomic E-state index is 0.710. The van der Waals surface area contributed by atoms with Crippen molar-refractivity contribution in [3.8, 4) is 34.1 Å². The van der Waals surface area contributed by atoms with Gasteiger partial charge in [0.1, 0.15) is 0 Å². The summed E-state index contributed by atoms with van der Waals surface area (Å²) in [6, 6.07) is 50.3. The van der Waals surface area contributed by atoms with E-state index in [1.807, 2.05) is 30.3 Å². The highest BCUT2D eigenvalue weighted by Crippen LogP contribution is 2.51. The maximum Gasteiger partial charge on any atom is 0.170 e. The van der Waals surface area contributed by atoms with E-state index >= 15 is 0 Å². The Morgan fingerprint density at radius 1 is 0.405 bits per heavy atom. The van der Waals surface area contributed by atoms with E-state index in [-0.39, 0.29) is 0 Å². The van der Waals surface area contributed by atoms with Crippen molar-refractivity contribution in [2.45, 2.75) is 0 Å². The number of benzene rings is 7. The molecule has 0 atom stereocenters. The number of para-hydroxylation sites is 2. The van der Waals surface area contributed by atoms with Gasteiger partial charge in [0.15, 0.2) is 23.0 Å². The molecule has 0 amide bonds. The third-order valence-electron chi connectivity index (χ3n) is 7.98. The van der Waals surface area contributed by atoms with Crippen LogP contribution in [0.1, 0.15) is 0 Å². The van der Waals surface area contributed by atoms with E-state index in [1.54, 1.807) is 0 Å². The summed E-state index contributed by atoms with van der Waals surface area (Å²) in [7, 11) is 0. The van der Waals surface area contributed by atoms with Crippen LogP contribution in [0.25, 0.3) is 32.7 Å². The summed E-state index contributed by atoms with van der Waals surface area (Å²) in [5.74, 6) is 2.87. The average molecular weight is 577 g/mol. The molecule has 200 valence electrons. The minimum Gasteiger partial charge on any atom is -0.450 e. The molecule has 0 spiro atoms. The Bertz CT molecular complexity index is 2070. The second-order valence-corrected chi connectivity index (χ2v) is 14.7. The van der Waals surface area contributed by atoms with Crippen molar-refractivity contribution in [2.24, 2.45) is 0 Å². The van der Waals surface area contributed by atoms with Crippen LogP contribution in [0.2, 0.25) is 0 Å². The smallest absolute Gasteiger partial charge is 0.170 e. The van der Waals surface area contributed by atoms with Gasteiger partial charge >= 0.3 is 0 Å². The lowest BCUT2D eigenvalue weighted by molar-refractivity contribution is 0.360. The van der Waals surface area contributed by atoms with Crippen molar-refractivity contribution in [3.05, 3.63) is 152 Å². The van der Waals surface area contributed by atoms with Gasteiger partial charge in [-0.1, -0.05) is 139 Å². The fourth-order valence-corrected chi connectivity index (χ4v) is 10.5. The van der Waals surface area contributed by atoms with Gasteiger partial charge in [0.05, 0.1) is 0 Å². The predicted molar refractivity (Wildman–Crippen MR) is 180 cm³/mol. The molecule has 0 saturated carbocycles. The number of hydrogen-bond donors (Lipinski definition) is 0. The first-order valence-electron chi connectivity index (χ1n) is 14.0. The topological polar surface area (TPSA) is 18.5 Å². The largest absolute Gasteiger partial charge is 0.450 e. The Morgan fingerprint density at radius 2 is 0.833 bits per heavy atom. The standard InChI is InChI=1S/C38H25O2PS/c42-41(27-13-3-1-4-14-27,28-15-5-2-6-16-28)38-31-19-9-7-17-29(31)37(30-18-8-10-20-32(30)38)26-23-24-35-36(25-26)40-34-22-12-11-21-33(34)39-35/h1-25H. The molecule has 7 aromatic carbocycles. The second kappa shape index (κ2) is 9.99. The van der Waals surface area contributed by atoms with Gasteiger partial charge in [-0.3, -0.25) is 0 Å². The average Bonchev–Trinajstić information content (AvgIpc) is 3.06. The number of hydrogen-bond acceptors (Lipinski definition) is 3. The third kappa shape index (κ3) is 3.89. The molecule has 0 bridgehead atoms. The predicted octanol–water partition coefficient (Wildman–Crippen LogP) is 9.31. The molecule has 0 N–H and O–H groups in total. The van der Waals surface area contributed by atoms with E-state index < -0.39 is 6.04 Å². The summed E-state index contributed by atoms with van der Waals surface area (Å²) in [5.41, 5.74) is 2.24. The molecule has 0 aliphatic carbocycles. The van der Waals surface area contributed by atoms with E-state index in [2.05, 4.69) is 121 Å². The van der Waals surface area contributed by atoms with Crippen LogP contribution in [-0.4, -0.2) is 0 Å². The fourth-order valence-electron chi connectivity index (χ4n) is 6.12. The van der Waals surface area contributed by atoms with Gasteiger partial charge in [-0.15, -0.1) is 0 Å². The zero-order valence-corrected chi connectivity index (χ0v) is 24.3. The Morgan fingerprint density at radius 3 is 1.38 bits per heavy atom. The van der Waals surface area contributed by atoms with Crippen LogP contribution in [0.3, 0.4) is 0 Å².